The molecule has 9 atom stereocenters. The minimum Gasteiger partial charge on any atom is -0.463 e. The second-order valence-electron chi connectivity index (χ2n) is 9.27. The molecule has 0 aliphatic carbocycles. The summed E-state index contributed by atoms with van der Waals surface area (Å²) in [7, 11) is 0. The number of carbonyl (C=O) groups excluding carboxylic acids is 6. The summed E-state index contributed by atoms with van der Waals surface area (Å²) >= 11 is 6.38. The summed E-state index contributed by atoms with van der Waals surface area (Å²) < 4.78 is 39.1. The highest BCUT2D eigenvalue weighted by atomic mass is 35.5. The molecular weight excluding hydrogens is 560 g/mol. The number of rotatable bonds is 10. The van der Waals surface area contributed by atoms with Gasteiger partial charge in [-0.15, -0.1) is 0 Å². The lowest BCUT2D eigenvalue weighted by Gasteiger charge is -2.47. The van der Waals surface area contributed by atoms with Crippen LogP contribution in [0.2, 0.25) is 0 Å². The van der Waals surface area contributed by atoms with Crippen molar-refractivity contribution in [3.8, 4) is 0 Å². The monoisotopic (exact) mass is 594 g/mol. The zero-order chi connectivity index (χ0) is 30.1. The first-order valence-electron chi connectivity index (χ1n) is 12.4. The van der Waals surface area contributed by atoms with Gasteiger partial charge in [-0.3, -0.25) is 28.8 Å². The van der Waals surface area contributed by atoms with E-state index in [4.69, 9.17) is 44.8 Å². The molecule has 0 bridgehead atoms. The van der Waals surface area contributed by atoms with E-state index in [9.17, 15) is 28.8 Å². The van der Waals surface area contributed by atoms with Crippen LogP contribution in [0.1, 0.15) is 48.0 Å². The highest BCUT2D eigenvalue weighted by molar-refractivity contribution is 6.20. The van der Waals surface area contributed by atoms with Gasteiger partial charge in [0.2, 0.25) is 11.8 Å². The summed E-state index contributed by atoms with van der Waals surface area (Å²) in [6.07, 6.45) is -6.96. The third kappa shape index (κ3) is 10.2. The van der Waals surface area contributed by atoms with E-state index >= 15 is 0 Å². The van der Waals surface area contributed by atoms with Crippen LogP contribution >= 0.6 is 11.6 Å². The second kappa shape index (κ2) is 15.1. The van der Waals surface area contributed by atoms with Crippen LogP contribution in [0.4, 0.5) is 0 Å². The molecule has 15 nitrogen and oxygen atoms in total. The maximum absolute atomic E-state index is 12.1. The number of carbonyl (C=O) groups is 6. The molecule has 2 heterocycles. The van der Waals surface area contributed by atoms with Crippen LogP contribution in [-0.2, 0) is 61.9 Å². The SMILES string of the molecule is CC(=O)N[C@@H]1[C@@H](OC(C)=O)[C@H](O[C@@H]2O[C@H](COC(C)=O)C[C@H](OC(C)=O)[C@H]2NC(C)=O)[C@@H](COC(C)=O)O[C@@H]1Cl. The van der Waals surface area contributed by atoms with Gasteiger partial charge in [0.25, 0.3) is 0 Å². The van der Waals surface area contributed by atoms with Crippen molar-refractivity contribution < 1.29 is 61.9 Å². The van der Waals surface area contributed by atoms with Gasteiger partial charge in [-0.25, -0.2) is 0 Å². The zero-order valence-corrected chi connectivity index (χ0v) is 23.8. The fourth-order valence-electron chi connectivity index (χ4n) is 4.34. The molecule has 0 spiro atoms. The van der Waals surface area contributed by atoms with Crippen molar-refractivity contribution in [3.05, 3.63) is 0 Å². The summed E-state index contributed by atoms with van der Waals surface area (Å²) in [6, 6.07) is -2.21. The lowest BCUT2D eigenvalue weighted by Crippen LogP contribution is -2.67. The van der Waals surface area contributed by atoms with E-state index in [1.165, 1.54) is 34.6 Å². The largest absolute Gasteiger partial charge is 0.463 e. The number of nitrogens with one attached hydrogen (secondary N) is 2. The summed E-state index contributed by atoms with van der Waals surface area (Å²) in [6.45, 7) is 6.50. The number of ether oxygens (including phenoxy) is 7. The molecular formula is C24H35ClN2O13. The Morgan fingerprint density at radius 1 is 0.725 bits per heavy atom. The van der Waals surface area contributed by atoms with Gasteiger partial charge in [0.15, 0.2) is 18.0 Å². The van der Waals surface area contributed by atoms with Gasteiger partial charge in [0, 0.05) is 48.0 Å². The quantitative estimate of drug-likeness (QED) is 0.186. The first-order chi connectivity index (χ1) is 18.7. The number of alkyl halides is 1. The number of halogens is 1. The van der Waals surface area contributed by atoms with Crippen LogP contribution in [0.5, 0.6) is 0 Å². The average molecular weight is 595 g/mol. The minimum atomic E-state index is -1.40. The maximum Gasteiger partial charge on any atom is 0.303 e. The molecule has 2 saturated heterocycles. The van der Waals surface area contributed by atoms with E-state index in [0.717, 1.165) is 6.92 Å². The molecule has 2 rings (SSSR count). The van der Waals surface area contributed by atoms with Crippen molar-refractivity contribution in [3.63, 3.8) is 0 Å². The third-order valence-corrected chi connectivity index (χ3v) is 6.10. The smallest absolute Gasteiger partial charge is 0.303 e. The first kappa shape index (κ1) is 33.2. The van der Waals surface area contributed by atoms with Gasteiger partial charge in [-0.1, -0.05) is 11.6 Å². The van der Waals surface area contributed by atoms with E-state index in [0.29, 0.717) is 0 Å². The van der Waals surface area contributed by atoms with Crippen molar-refractivity contribution in [2.75, 3.05) is 13.2 Å². The van der Waals surface area contributed by atoms with Crippen LogP contribution in [0.3, 0.4) is 0 Å². The Labute approximate surface area is 235 Å². The highest BCUT2D eigenvalue weighted by Gasteiger charge is 2.52. The van der Waals surface area contributed by atoms with Crippen LogP contribution in [0.25, 0.3) is 0 Å². The Morgan fingerprint density at radius 3 is 1.80 bits per heavy atom. The topological polar surface area (TPSA) is 191 Å². The molecule has 2 N–H and O–H groups in total. The second-order valence-corrected chi connectivity index (χ2v) is 9.70. The third-order valence-electron chi connectivity index (χ3n) is 5.72. The highest BCUT2D eigenvalue weighted by Crippen LogP contribution is 2.33. The predicted molar refractivity (Wildman–Crippen MR) is 132 cm³/mol. The predicted octanol–water partition coefficient (Wildman–Crippen LogP) is -0.551. The molecule has 0 radical (unpaired) electrons. The van der Waals surface area contributed by atoms with Crippen LogP contribution in [0, 0.1) is 0 Å². The Hall–Kier alpha value is -3.01. The summed E-state index contributed by atoms with van der Waals surface area (Å²) in [4.78, 5) is 71.0. The van der Waals surface area contributed by atoms with Crippen molar-refractivity contribution >= 4 is 47.3 Å². The maximum atomic E-state index is 12.1. The molecule has 2 aliphatic heterocycles. The van der Waals surface area contributed by atoms with Crippen LogP contribution < -0.4 is 10.6 Å². The normalized spacial score (nSPS) is 31.7. The standard InChI is InChI=1S/C24H35ClN2O13/c1-10(28)26-19-17(36-14(5)32)7-16(8-34-12(3)30)38-24(19)40-21-18(9-35-13(4)31)39-23(25)20(27-11(2)29)22(21)37-15(6)33/h16-24H,7-9H2,1-6H3,(H,26,28)(H,27,29)/t16-,17-,18+,19+,20+,21+,22+,23-,24-/m0/s1. The van der Waals surface area contributed by atoms with Gasteiger partial charge in [-0.05, 0) is 0 Å². The molecule has 40 heavy (non-hydrogen) atoms. The minimum absolute atomic E-state index is 0.0291. The fourth-order valence-corrected chi connectivity index (χ4v) is 4.68. The molecule has 0 aromatic rings. The number of amides is 2. The lowest BCUT2D eigenvalue weighted by atomic mass is 9.95. The van der Waals surface area contributed by atoms with Gasteiger partial charge < -0.3 is 43.8 Å². The van der Waals surface area contributed by atoms with Gasteiger partial charge in [0.05, 0.1) is 6.10 Å². The lowest BCUT2D eigenvalue weighted by molar-refractivity contribution is -0.296. The van der Waals surface area contributed by atoms with Gasteiger partial charge in [-0.2, -0.15) is 0 Å². The molecule has 2 amide bonds. The average Bonchev–Trinajstić information content (AvgIpc) is 2.81. The van der Waals surface area contributed by atoms with E-state index in [1.54, 1.807) is 0 Å². The summed E-state index contributed by atoms with van der Waals surface area (Å²) in [5, 5.41) is 5.19. The Morgan fingerprint density at radius 2 is 1.27 bits per heavy atom. The van der Waals surface area contributed by atoms with E-state index < -0.39 is 96.8 Å². The van der Waals surface area contributed by atoms with Crippen LogP contribution in [0.15, 0.2) is 0 Å². The van der Waals surface area contributed by atoms with Gasteiger partial charge in [0.1, 0.15) is 43.6 Å². The molecule has 0 aromatic carbocycles. The Kier molecular flexibility index (Phi) is 12.5. The molecule has 2 fully saturated rings. The molecule has 226 valence electrons. The fraction of sp³-hybridized carbons (Fsp3) is 0.750. The molecule has 0 saturated carbocycles. The zero-order valence-electron chi connectivity index (χ0n) is 23.0. The van der Waals surface area contributed by atoms with E-state index in [1.807, 2.05) is 0 Å². The van der Waals surface area contributed by atoms with Crippen molar-refractivity contribution in [1.29, 1.82) is 0 Å². The first-order valence-corrected chi connectivity index (χ1v) is 12.9. The summed E-state index contributed by atoms with van der Waals surface area (Å²) in [5.41, 5.74) is -1.24. The summed E-state index contributed by atoms with van der Waals surface area (Å²) in [5.74, 6) is -3.67. The molecule has 16 heteroatoms. The van der Waals surface area contributed by atoms with Crippen LogP contribution in [-0.4, -0.2) is 103 Å². The van der Waals surface area contributed by atoms with Crippen molar-refractivity contribution in [2.45, 2.75) is 102 Å². The number of esters is 4. The van der Waals surface area contributed by atoms with E-state index in [2.05, 4.69) is 10.6 Å². The molecule has 0 aromatic heterocycles. The Balaban J connectivity index is 2.52. The van der Waals surface area contributed by atoms with Gasteiger partial charge >= 0.3 is 23.9 Å². The number of hydrogen-bond acceptors (Lipinski definition) is 13. The Bertz CT molecular complexity index is 963. The molecule has 0 unspecified atom stereocenters. The van der Waals surface area contributed by atoms with Crippen molar-refractivity contribution in [1.82, 2.24) is 10.6 Å². The number of hydrogen-bond donors (Lipinski definition) is 2. The van der Waals surface area contributed by atoms with E-state index in [-0.39, 0.29) is 13.0 Å². The van der Waals surface area contributed by atoms with Crippen molar-refractivity contribution in [2.24, 2.45) is 0 Å². The molecule has 2 aliphatic rings.